The van der Waals surface area contributed by atoms with Crippen molar-refractivity contribution in [3.05, 3.63) is 23.9 Å². The Balaban J connectivity index is 2.46. The smallest absolute Gasteiger partial charge is 0.128 e. The lowest BCUT2D eigenvalue weighted by Gasteiger charge is -2.06. The second-order valence-corrected chi connectivity index (χ2v) is 2.95. The third-order valence-electron chi connectivity index (χ3n) is 1.83. The maximum Gasteiger partial charge on any atom is 0.128 e. The summed E-state index contributed by atoms with van der Waals surface area (Å²) in [5.41, 5.74) is 1.22. The van der Waals surface area contributed by atoms with Gasteiger partial charge in [0.15, 0.2) is 0 Å². The summed E-state index contributed by atoms with van der Waals surface area (Å²) in [6.07, 6.45) is 4.25. The number of nitrogens with one attached hydrogen (secondary N) is 1. The van der Waals surface area contributed by atoms with Crippen molar-refractivity contribution in [2.45, 2.75) is 26.7 Å². The zero-order valence-electron chi connectivity index (χ0n) is 7.80. The summed E-state index contributed by atoms with van der Waals surface area (Å²) in [6, 6.07) is 4.03. The first-order valence-electron chi connectivity index (χ1n) is 4.50. The third-order valence-corrected chi connectivity index (χ3v) is 1.83. The zero-order chi connectivity index (χ0) is 8.81. The lowest BCUT2D eigenvalue weighted by molar-refractivity contribution is 0.830. The monoisotopic (exact) mass is 164 g/mol. The fraction of sp³-hybridized carbons (Fsp3) is 0.500. The molecule has 0 aliphatic rings. The normalized spacial score (nSPS) is 9.83. The van der Waals surface area contributed by atoms with Crippen LogP contribution in [0.4, 0.5) is 5.82 Å². The van der Waals surface area contributed by atoms with Crippen molar-refractivity contribution in [3.8, 4) is 0 Å². The average molecular weight is 164 g/mol. The minimum Gasteiger partial charge on any atom is -0.370 e. The lowest BCUT2D eigenvalue weighted by atomic mass is 10.3. The molecular weight excluding hydrogens is 148 g/mol. The van der Waals surface area contributed by atoms with Gasteiger partial charge >= 0.3 is 0 Å². The van der Waals surface area contributed by atoms with Crippen molar-refractivity contribution in [1.29, 1.82) is 0 Å². The lowest BCUT2D eigenvalue weighted by Crippen LogP contribution is -2.03. The van der Waals surface area contributed by atoms with Crippen LogP contribution in [0.25, 0.3) is 0 Å². The van der Waals surface area contributed by atoms with E-state index in [1.54, 1.807) is 0 Å². The number of aryl methyl sites for hydroxylation is 1. The molecule has 0 aliphatic heterocycles. The van der Waals surface area contributed by atoms with Gasteiger partial charge in [-0.3, -0.25) is 0 Å². The van der Waals surface area contributed by atoms with Gasteiger partial charge in [0.1, 0.15) is 5.82 Å². The standard InChI is InChI=1S/C10H16N2/c1-3-4-7-11-10-9(2)6-5-8-12-10/h5-6,8H,3-4,7H2,1-2H3,(H,11,12). The van der Waals surface area contributed by atoms with Crippen molar-refractivity contribution < 1.29 is 0 Å². The Labute approximate surface area is 74.0 Å². The SMILES string of the molecule is CCCCNc1ncccc1C. The van der Waals surface area contributed by atoms with Crippen molar-refractivity contribution in [3.63, 3.8) is 0 Å². The summed E-state index contributed by atoms with van der Waals surface area (Å²) in [7, 11) is 0. The molecule has 1 aromatic rings. The predicted molar refractivity (Wildman–Crippen MR) is 52.4 cm³/mol. The fourth-order valence-electron chi connectivity index (χ4n) is 1.05. The number of unbranched alkanes of at least 4 members (excludes halogenated alkanes) is 1. The van der Waals surface area contributed by atoms with Gasteiger partial charge in [-0.05, 0) is 25.0 Å². The molecule has 0 aromatic carbocycles. The molecule has 0 spiro atoms. The van der Waals surface area contributed by atoms with E-state index < -0.39 is 0 Å². The highest BCUT2D eigenvalue weighted by molar-refractivity contribution is 5.42. The first-order chi connectivity index (χ1) is 5.84. The van der Waals surface area contributed by atoms with E-state index in [0.29, 0.717) is 0 Å². The Morgan fingerprint density at radius 1 is 1.50 bits per heavy atom. The number of pyridine rings is 1. The largest absolute Gasteiger partial charge is 0.370 e. The van der Waals surface area contributed by atoms with Crippen LogP contribution in [0.15, 0.2) is 18.3 Å². The molecule has 1 rings (SSSR count). The van der Waals surface area contributed by atoms with Gasteiger partial charge in [0.25, 0.3) is 0 Å². The first kappa shape index (κ1) is 9.04. The maximum absolute atomic E-state index is 4.24. The van der Waals surface area contributed by atoms with E-state index in [-0.39, 0.29) is 0 Å². The molecule has 0 bridgehead atoms. The summed E-state index contributed by atoms with van der Waals surface area (Å²) in [5, 5.41) is 3.30. The summed E-state index contributed by atoms with van der Waals surface area (Å²) in [4.78, 5) is 4.24. The van der Waals surface area contributed by atoms with Gasteiger partial charge in [-0.25, -0.2) is 4.98 Å². The van der Waals surface area contributed by atoms with Crippen LogP contribution in [0.1, 0.15) is 25.3 Å². The van der Waals surface area contributed by atoms with Crippen LogP contribution in [-0.4, -0.2) is 11.5 Å². The molecule has 0 fully saturated rings. The van der Waals surface area contributed by atoms with Crippen LogP contribution in [0.5, 0.6) is 0 Å². The van der Waals surface area contributed by atoms with E-state index in [9.17, 15) is 0 Å². The van der Waals surface area contributed by atoms with Crippen LogP contribution in [0.2, 0.25) is 0 Å². The van der Waals surface area contributed by atoms with Gasteiger partial charge in [-0.1, -0.05) is 19.4 Å². The Morgan fingerprint density at radius 2 is 2.33 bits per heavy atom. The summed E-state index contributed by atoms with van der Waals surface area (Å²) in [5.74, 6) is 1.02. The van der Waals surface area contributed by atoms with Crippen LogP contribution >= 0.6 is 0 Å². The molecule has 0 unspecified atom stereocenters. The van der Waals surface area contributed by atoms with Gasteiger partial charge in [0.05, 0.1) is 0 Å². The Kier molecular flexibility index (Phi) is 3.58. The van der Waals surface area contributed by atoms with E-state index in [1.165, 1.54) is 18.4 Å². The van der Waals surface area contributed by atoms with Crippen LogP contribution in [-0.2, 0) is 0 Å². The first-order valence-corrected chi connectivity index (χ1v) is 4.50. The van der Waals surface area contributed by atoms with Gasteiger partial charge in [-0.2, -0.15) is 0 Å². The number of nitrogens with zero attached hydrogens (tertiary/aromatic N) is 1. The highest BCUT2D eigenvalue weighted by atomic mass is 15.0. The Morgan fingerprint density at radius 3 is 3.00 bits per heavy atom. The van der Waals surface area contributed by atoms with Crippen LogP contribution in [0, 0.1) is 6.92 Å². The molecule has 0 amide bonds. The highest BCUT2D eigenvalue weighted by Gasteiger charge is 1.94. The second-order valence-electron chi connectivity index (χ2n) is 2.95. The molecule has 1 aromatic heterocycles. The van der Waals surface area contributed by atoms with E-state index in [0.717, 1.165) is 12.4 Å². The molecule has 0 atom stereocenters. The molecule has 0 aliphatic carbocycles. The average Bonchev–Trinajstić information content (AvgIpc) is 2.09. The molecule has 0 saturated carbocycles. The topological polar surface area (TPSA) is 24.9 Å². The molecule has 0 saturated heterocycles. The van der Waals surface area contributed by atoms with Gasteiger partial charge in [0.2, 0.25) is 0 Å². The molecule has 2 nitrogen and oxygen atoms in total. The van der Waals surface area contributed by atoms with Crippen LogP contribution in [0.3, 0.4) is 0 Å². The van der Waals surface area contributed by atoms with Crippen LogP contribution < -0.4 is 5.32 Å². The van der Waals surface area contributed by atoms with E-state index >= 15 is 0 Å². The number of anilines is 1. The molecule has 2 heteroatoms. The van der Waals surface area contributed by atoms with Gasteiger partial charge in [0, 0.05) is 12.7 Å². The van der Waals surface area contributed by atoms with E-state index in [2.05, 4.69) is 30.2 Å². The van der Waals surface area contributed by atoms with Gasteiger partial charge < -0.3 is 5.32 Å². The number of aromatic nitrogens is 1. The van der Waals surface area contributed by atoms with E-state index in [1.807, 2.05) is 12.3 Å². The van der Waals surface area contributed by atoms with Crippen molar-refractivity contribution in [1.82, 2.24) is 4.98 Å². The molecule has 12 heavy (non-hydrogen) atoms. The Hall–Kier alpha value is -1.05. The summed E-state index contributed by atoms with van der Waals surface area (Å²) in [6.45, 7) is 5.28. The second kappa shape index (κ2) is 4.75. The van der Waals surface area contributed by atoms with Crippen molar-refractivity contribution in [2.75, 3.05) is 11.9 Å². The van der Waals surface area contributed by atoms with E-state index in [4.69, 9.17) is 0 Å². The molecular formula is C10H16N2. The summed E-state index contributed by atoms with van der Waals surface area (Å²) < 4.78 is 0. The quantitative estimate of drug-likeness (QED) is 0.692. The fourth-order valence-corrected chi connectivity index (χ4v) is 1.05. The number of hydrogen-bond donors (Lipinski definition) is 1. The number of rotatable bonds is 4. The minimum atomic E-state index is 1.02. The molecule has 1 heterocycles. The minimum absolute atomic E-state index is 1.02. The third kappa shape index (κ3) is 2.53. The predicted octanol–water partition coefficient (Wildman–Crippen LogP) is 2.60. The van der Waals surface area contributed by atoms with Gasteiger partial charge in [-0.15, -0.1) is 0 Å². The molecule has 0 radical (unpaired) electrons. The molecule has 66 valence electrons. The maximum atomic E-state index is 4.24. The Bertz CT molecular complexity index is 233. The number of hydrogen-bond acceptors (Lipinski definition) is 2. The van der Waals surface area contributed by atoms with Crippen molar-refractivity contribution >= 4 is 5.82 Å². The summed E-state index contributed by atoms with van der Waals surface area (Å²) >= 11 is 0. The highest BCUT2D eigenvalue weighted by Crippen LogP contribution is 2.08. The molecule has 1 N–H and O–H groups in total. The zero-order valence-corrected chi connectivity index (χ0v) is 7.80. The van der Waals surface area contributed by atoms with Crippen molar-refractivity contribution in [2.24, 2.45) is 0 Å².